The third-order valence-corrected chi connectivity index (χ3v) is 4.63. The van der Waals surface area contributed by atoms with Crippen LogP contribution in [0.1, 0.15) is 63.7 Å². The predicted octanol–water partition coefficient (Wildman–Crippen LogP) is 3.81. The van der Waals surface area contributed by atoms with Gasteiger partial charge < -0.3 is 10.6 Å². The number of carbonyl (C=O) groups is 3. The van der Waals surface area contributed by atoms with E-state index >= 15 is 0 Å². The molecule has 0 aliphatic heterocycles. The average Bonchev–Trinajstić information content (AvgIpc) is 3.15. The van der Waals surface area contributed by atoms with E-state index in [1.807, 2.05) is 0 Å². The van der Waals surface area contributed by atoms with Gasteiger partial charge in [0.1, 0.15) is 0 Å². The highest BCUT2D eigenvalue weighted by Crippen LogP contribution is 2.18. The number of anilines is 1. The Morgan fingerprint density at radius 1 is 0.846 bits per heavy atom. The molecule has 0 atom stereocenters. The van der Waals surface area contributed by atoms with Gasteiger partial charge in [0.05, 0.1) is 0 Å². The summed E-state index contributed by atoms with van der Waals surface area (Å²) >= 11 is 0. The smallest absolute Gasteiger partial charge is 0.255 e. The number of Topliss-reactive ketones (excluding diaryl/α,β-unsaturated/α-hetero) is 1. The Bertz CT molecular complexity index is 821. The summed E-state index contributed by atoms with van der Waals surface area (Å²) in [5.41, 5.74) is 2.09. The number of amides is 2. The van der Waals surface area contributed by atoms with Gasteiger partial charge in [-0.15, -0.1) is 0 Å². The van der Waals surface area contributed by atoms with Gasteiger partial charge in [-0.05, 0) is 62.2 Å². The van der Waals surface area contributed by atoms with Crippen LogP contribution in [0.4, 0.5) is 5.69 Å². The van der Waals surface area contributed by atoms with Gasteiger partial charge >= 0.3 is 0 Å². The van der Waals surface area contributed by atoms with Gasteiger partial charge in [-0.3, -0.25) is 14.4 Å². The molecule has 0 spiro atoms. The monoisotopic (exact) mass is 350 g/mol. The molecule has 1 fully saturated rings. The molecule has 134 valence electrons. The summed E-state index contributed by atoms with van der Waals surface area (Å²) in [6, 6.07) is 13.6. The Morgan fingerprint density at radius 2 is 1.46 bits per heavy atom. The number of carbonyl (C=O) groups excluding carboxylic acids is 3. The quantitative estimate of drug-likeness (QED) is 0.805. The van der Waals surface area contributed by atoms with E-state index in [1.54, 1.807) is 48.5 Å². The molecule has 0 saturated heterocycles. The van der Waals surface area contributed by atoms with Crippen LogP contribution in [0.2, 0.25) is 0 Å². The fraction of sp³-hybridized carbons (Fsp3) is 0.286. The van der Waals surface area contributed by atoms with Crippen LogP contribution in [0.5, 0.6) is 0 Å². The van der Waals surface area contributed by atoms with Crippen LogP contribution in [0.15, 0.2) is 48.5 Å². The molecule has 5 nitrogen and oxygen atoms in total. The number of benzene rings is 2. The maximum absolute atomic E-state index is 12.4. The topological polar surface area (TPSA) is 75.3 Å². The third kappa shape index (κ3) is 4.36. The average molecular weight is 350 g/mol. The molecule has 1 saturated carbocycles. The predicted molar refractivity (Wildman–Crippen MR) is 101 cm³/mol. The van der Waals surface area contributed by atoms with E-state index in [0.717, 1.165) is 25.7 Å². The molecule has 1 aliphatic rings. The maximum atomic E-state index is 12.4. The van der Waals surface area contributed by atoms with Crippen molar-refractivity contribution in [2.75, 3.05) is 5.32 Å². The van der Waals surface area contributed by atoms with Crippen molar-refractivity contribution in [3.63, 3.8) is 0 Å². The van der Waals surface area contributed by atoms with Crippen molar-refractivity contribution in [1.82, 2.24) is 5.32 Å². The zero-order valence-electron chi connectivity index (χ0n) is 14.7. The Balaban J connectivity index is 1.67. The van der Waals surface area contributed by atoms with Gasteiger partial charge in [-0.1, -0.05) is 18.9 Å². The van der Waals surface area contributed by atoms with E-state index < -0.39 is 0 Å². The van der Waals surface area contributed by atoms with Gasteiger partial charge in [0, 0.05) is 28.4 Å². The lowest BCUT2D eigenvalue weighted by Crippen LogP contribution is -2.32. The standard InChI is InChI=1S/C21H22N2O3/c1-14(24)15-9-11-19(12-10-15)23-21(26)17-6-4-5-16(13-17)20(25)22-18-7-2-3-8-18/h4-6,9-13,18H,2-3,7-8H2,1H3,(H,22,25)(H,23,26). The summed E-state index contributed by atoms with van der Waals surface area (Å²) in [4.78, 5) is 36.1. The highest BCUT2D eigenvalue weighted by Gasteiger charge is 2.18. The molecule has 5 heteroatoms. The first kappa shape index (κ1) is 17.9. The Hall–Kier alpha value is -2.95. The zero-order chi connectivity index (χ0) is 18.5. The normalized spacial score (nSPS) is 14.0. The second-order valence-corrected chi connectivity index (χ2v) is 6.62. The minimum Gasteiger partial charge on any atom is -0.349 e. The van der Waals surface area contributed by atoms with Crippen LogP contribution in [0.25, 0.3) is 0 Å². The van der Waals surface area contributed by atoms with Gasteiger partial charge in [-0.2, -0.15) is 0 Å². The first-order chi connectivity index (χ1) is 12.5. The van der Waals surface area contributed by atoms with Crippen LogP contribution < -0.4 is 10.6 Å². The lowest BCUT2D eigenvalue weighted by Gasteiger charge is -2.12. The highest BCUT2D eigenvalue weighted by molar-refractivity contribution is 6.06. The fourth-order valence-electron chi connectivity index (χ4n) is 3.13. The van der Waals surface area contributed by atoms with Crippen molar-refractivity contribution in [3.8, 4) is 0 Å². The molecule has 2 aromatic rings. The van der Waals surface area contributed by atoms with Crippen LogP contribution in [0.3, 0.4) is 0 Å². The Morgan fingerprint density at radius 3 is 2.08 bits per heavy atom. The van der Waals surface area contributed by atoms with Crippen molar-refractivity contribution in [2.24, 2.45) is 0 Å². The second-order valence-electron chi connectivity index (χ2n) is 6.62. The fourth-order valence-corrected chi connectivity index (χ4v) is 3.13. The Labute approximate surface area is 152 Å². The van der Waals surface area contributed by atoms with Gasteiger partial charge in [-0.25, -0.2) is 0 Å². The molecule has 0 bridgehead atoms. The molecule has 2 aromatic carbocycles. The number of hydrogen-bond acceptors (Lipinski definition) is 3. The molecule has 0 unspecified atom stereocenters. The highest BCUT2D eigenvalue weighted by atomic mass is 16.2. The molecule has 0 heterocycles. The summed E-state index contributed by atoms with van der Waals surface area (Å²) < 4.78 is 0. The summed E-state index contributed by atoms with van der Waals surface area (Å²) in [6.45, 7) is 1.50. The van der Waals surface area contributed by atoms with Crippen LogP contribution in [-0.2, 0) is 0 Å². The van der Waals surface area contributed by atoms with Gasteiger partial charge in [0.2, 0.25) is 0 Å². The molecule has 2 amide bonds. The van der Waals surface area contributed by atoms with Crippen molar-refractivity contribution < 1.29 is 14.4 Å². The van der Waals surface area contributed by atoms with Crippen molar-refractivity contribution >= 4 is 23.3 Å². The molecular weight excluding hydrogens is 328 g/mol. The molecule has 3 rings (SSSR count). The van der Waals surface area contributed by atoms with E-state index in [2.05, 4.69) is 10.6 Å². The second kappa shape index (κ2) is 7.95. The van der Waals surface area contributed by atoms with E-state index in [0.29, 0.717) is 22.4 Å². The summed E-state index contributed by atoms with van der Waals surface area (Å²) in [5.74, 6) is -0.461. The first-order valence-corrected chi connectivity index (χ1v) is 8.86. The third-order valence-electron chi connectivity index (χ3n) is 4.63. The lowest BCUT2D eigenvalue weighted by atomic mass is 10.1. The SMILES string of the molecule is CC(=O)c1ccc(NC(=O)c2cccc(C(=O)NC3CCCC3)c2)cc1. The van der Waals surface area contributed by atoms with Crippen LogP contribution in [0, 0.1) is 0 Å². The molecule has 0 radical (unpaired) electrons. The van der Waals surface area contributed by atoms with Crippen LogP contribution >= 0.6 is 0 Å². The number of nitrogens with one attached hydrogen (secondary N) is 2. The number of ketones is 1. The van der Waals surface area contributed by atoms with E-state index in [-0.39, 0.29) is 23.6 Å². The first-order valence-electron chi connectivity index (χ1n) is 8.86. The summed E-state index contributed by atoms with van der Waals surface area (Å²) in [7, 11) is 0. The Kier molecular flexibility index (Phi) is 5.46. The minimum atomic E-state index is -0.295. The maximum Gasteiger partial charge on any atom is 0.255 e. The van der Waals surface area contributed by atoms with Gasteiger partial charge in [0.15, 0.2) is 5.78 Å². The van der Waals surface area contributed by atoms with Crippen molar-refractivity contribution in [2.45, 2.75) is 38.6 Å². The van der Waals surface area contributed by atoms with E-state index in [9.17, 15) is 14.4 Å². The molecule has 1 aliphatic carbocycles. The molecular formula is C21H22N2O3. The number of rotatable bonds is 5. The zero-order valence-corrected chi connectivity index (χ0v) is 14.7. The lowest BCUT2D eigenvalue weighted by molar-refractivity contribution is 0.0937. The van der Waals surface area contributed by atoms with Crippen molar-refractivity contribution in [1.29, 1.82) is 0 Å². The molecule has 0 aromatic heterocycles. The summed E-state index contributed by atoms with van der Waals surface area (Å²) in [5, 5.41) is 5.81. The number of hydrogen-bond donors (Lipinski definition) is 2. The van der Waals surface area contributed by atoms with E-state index in [4.69, 9.17) is 0 Å². The van der Waals surface area contributed by atoms with Gasteiger partial charge in [0.25, 0.3) is 11.8 Å². The molecule has 2 N–H and O–H groups in total. The van der Waals surface area contributed by atoms with E-state index in [1.165, 1.54) is 6.92 Å². The minimum absolute atomic E-state index is 0.0242. The summed E-state index contributed by atoms with van der Waals surface area (Å²) in [6.07, 6.45) is 4.33. The largest absolute Gasteiger partial charge is 0.349 e. The molecule has 26 heavy (non-hydrogen) atoms. The van der Waals surface area contributed by atoms with Crippen LogP contribution in [-0.4, -0.2) is 23.6 Å². The van der Waals surface area contributed by atoms with Crippen molar-refractivity contribution in [3.05, 3.63) is 65.2 Å².